The second-order valence-electron chi connectivity index (χ2n) is 12.9. The highest BCUT2D eigenvalue weighted by atomic mass is 16.5. The maximum absolute atomic E-state index is 11.1. The standard InChI is InChI=1S/4C12H14O3/c4*1-3-9(8-12(14)15-2)10-5-4-6-11(13)7-10/h4*3-7,9,13H,1,8H2,2H3/t4*9-/m1100/s1. The number of carbonyl (C=O) groups excluding carboxylic acids is 4. The number of ether oxygens (including phenoxy) is 4. The van der Waals surface area contributed by atoms with Crippen LogP contribution in [0.5, 0.6) is 23.0 Å². The van der Waals surface area contributed by atoms with Gasteiger partial charge in [0.15, 0.2) is 0 Å². The van der Waals surface area contributed by atoms with E-state index in [1.54, 1.807) is 97.1 Å². The third-order valence-electron chi connectivity index (χ3n) is 8.79. The summed E-state index contributed by atoms with van der Waals surface area (Å²) < 4.78 is 18.3. The van der Waals surface area contributed by atoms with Gasteiger partial charge in [-0.25, -0.2) is 0 Å². The predicted octanol–water partition coefficient (Wildman–Crippen LogP) is 8.90. The molecular weight excluding hydrogens is 769 g/mol. The highest BCUT2D eigenvalue weighted by Crippen LogP contribution is 2.27. The number of benzene rings is 4. The second kappa shape index (κ2) is 28.3. The Hall–Kier alpha value is -7.08. The molecule has 0 amide bonds. The first-order chi connectivity index (χ1) is 28.7. The van der Waals surface area contributed by atoms with E-state index in [0.717, 1.165) is 22.3 Å². The maximum Gasteiger partial charge on any atom is 0.306 e. The number of esters is 4. The van der Waals surface area contributed by atoms with Gasteiger partial charge in [0, 0.05) is 23.7 Å². The van der Waals surface area contributed by atoms with E-state index in [2.05, 4.69) is 45.3 Å². The monoisotopic (exact) mass is 824 g/mol. The Balaban J connectivity index is 0.000000400. The lowest BCUT2D eigenvalue weighted by atomic mass is 9.96. The van der Waals surface area contributed by atoms with Crippen molar-refractivity contribution in [1.82, 2.24) is 0 Å². The Bertz CT molecular complexity index is 1720. The van der Waals surface area contributed by atoms with E-state index in [0.29, 0.717) is 0 Å². The molecule has 4 N–H and O–H groups in total. The number of hydrogen-bond donors (Lipinski definition) is 4. The van der Waals surface area contributed by atoms with Crippen LogP contribution >= 0.6 is 0 Å². The van der Waals surface area contributed by atoms with Crippen molar-refractivity contribution < 1.29 is 58.6 Å². The zero-order valence-electron chi connectivity index (χ0n) is 34.6. The van der Waals surface area contributed by atoms with Crippen molar-refractivity contribution in [3.8, 4) is 23.0 Å². The molecule has 0 aromatic heterocycles. The molecule has 12 heteroatoms. The molecular formula is C48H56O12. The smallest absolute Gasteiger partial charge is 0.306 e. The zero-order valence-corrected chi connectivity index (χ0v) is 34.6. The fraction of sp³-hybridized carbons (Fsp3) is 0.250. The fourth-order valence-electron chi connectivity index (χ4n) is 5.42. The van der Waals surface area contributed by atoms with Gasteiger partial charge in [-0.05, 0) is 70.8 Å². The molecule has 4 aromatic carbocycles. The lowest BCUT2D eigenvalue weighted by Gasteiger charge is -2.11. The van der Waals surface area contributed by atoms with Crippen LogP contribution in [0.4, 0.5) is 0 Å². The Labute approximate surface area is 352 Å². The molecule has 0 aliphatic rings. The highest BCUT2D eigenvalue weighted by Gasteiger charge is 2.16. The van der Waals surface area contributed by atoms with E-state index in [4.69, 9.17) is 0 Å². The van der Waals surface area contributed by atoms with Crippen molar-refractivity contribution in [1.29, 1.82) is 0 Å². The number of allylic oxidation sites excluding steroid dienone is 4. The number of aromatic hydroxyl groups is 4. The Kier molecular flexibility index (Phi) is 24.1. The van der Waals surface area contributed by atoms with E-state index in [1.807, 2.05) is 24.3 Å². The molecule has 4 atom stereocenters. The van der Waals surface area contributed by atoms with Crippen LogP contribution in [0.2, 0.25) is 0 Å². The van der Waals surface area contributed by atoms with Crippen molar-refractivity contribution in [2.45, 2.75) is 49.4 Å². The number of methoxy groups -OCH3 is 4. The van der Waals surface area contributed by atoms with Crippen LogP contribution in [-0.2, 0) is 38.1 Å². The molecule has 0 aliphatic heterocycles. The van der Waals surface area contributed by atoms with Crippen LogP contribution in [0.15, 0.2) is 148 Å². The molecule has 0 heterocycles. The van der Waals surface area contributed by atoms with Crippen LogP contribution in [0.3, 0.4) is 0 Å². The van der Waals surface area contributed by atoms with Crippen LogP contribution in [0, 0.1) is 0 Å². The van der Waals surface area contributed by atoms with Gasteiger partial charge < -0.3 is 39.4 Å². The number of rotatable bonds is 16. The van der Waals surface area contributed by atoms with E-state index >= 15 is 0 Å². The first-order valence-corrected chi connectivity index (χ1v) is 18.6. The minimum Gasteiger partial charge on any atom is -0.508 e. The van der Waals surface area contributed by atoms with Crippen molar-refractivity contribution in [3.63, 3.8) is 0 Å². The summed E-state index contributed by atoms with van der Waals surface area (Å²) in [6, 6.07) is 27.1. The summed E-state index contributed by atoms with van der Waals surface area (Å²) in [7, 11) is 5.41. The topological polar surface area (TPSA) is 186 Å². The van der Waals surface area contributed by atoms with E-state index in [-0.39, 0.29) is 96.2 Å². The summed E-state index contributed by atoms with van der Waals surface area (Å²) in [4.78, 5) is 44.4. The Morgan fingerprint density at radius 3 is 0.733 bits per heavy atom. The van der Waals surface area contributed by atoms with Gasteiger partial charge in [0.05, 0.1) is 54.1 Å². The third-order valence-corrected chi connectivity index (χ3v) is 8.79. The van der Waals surface area contributed by atoms with Crippen LogP contribution in [-0.4, -0.2) is 72.7 Å². The van der Waals surface area contributed by atoms with E-state index in [9.17, 15) is 39.6 Å². The lowest BCUT2D eigenvalue weighted by molar-refractivity contribution is -0.141. The lowest BCUT2D eigenvalue weighted by Crippen LogP contribution is -2.06. The van der Waals surface area contributed by atoms with Gasteiger partial charge in [0.2, 0.25) is 0 Å². The summed E-state index contributed by atoms with van der Waals surface area (Å²) >= 11 is 0. The van der Waals surface area contributed by atoms with Gasteiger partial charge in [-0.15, -0.1) is 26.3 Å². The number of carbonyl (C=O) groups is 4. The predicted molar refractivity (Wildman–Crippen MR) is 231 cm³/mol. The first-order valence-electron chi connectivity index (χ1n) is 18.6. The average molecular weight is 825 g/mol. The van der Waals surface area contributed by atoms with Gasteiger partial charge in [0.25, 0.3) is 0 Å². The normalized spacial score (nSPS) is 11.8. The molecule has 0 spiro atoms. The fourth-order valence-corrected chi connectivity index (χ4v) is 5.42. The van der Waals surface area contributed by atoms with Gasteiger partial charge >= 0.3 is 23.9 Å². The van der Waals surface area contributed by atoms with Crippen molar-refractivity contribution >= 4 is 23.9 Å². The van der Waals surface area contributed by atoms with Gasteiger partial charge in [-0.3, -0.25) is 19.2 Å². The quantitative estimate of drug-likeness (QED) is 0.0478. The molecule has 4 aromatic rings. The molecule has 0 radical (unpaired) electrons. The Morgan fingerprint density at radius 2 is 0.600 bits per heavy atom. The van der Waals surface area contributed by atoms with Gasteiger partial charge in [-0.2, -0.15) is 0 Å². The molecule has 320 valence electrons. The zero-order chi connectivity index (χ0) is 45.0. The highest BCUT2D eigenvalue weighted by molar-refractivity contribution is 5.72. The number of hydrogen-bond acceptors (Lipinski definition) is 12. The number of phenolic OH excluding ortho intramolecular Hbond substituents is 4. The minimum atomic E-state index is -0.289. The summed E-state index contributed by atoms with van der Waals surface area (Å²) in [5.74, 6) is -0.900. The molecule has 0 unspecified atom stereocenters. The van der Waals surface area contributed by atoms with Crippen molar-refractivity contribution in [3.05, 3.63) is 170 Å². The maximum atomic E-state index is 11.1. The molecule has 4 rings (SSSR count). The molecule has 0 fully saturated rings. The number of phenols is 4. The van der Waals surface area contributed by atoms with Gasteiger partial charge in [0.1, 0.15) is 23.0 Å². The molecule has 0 aliphatic carbocycles. The molecule has 0 bridgehead atoms. The van der Waals surface area contributed by atoms with Gasteiger partial charge in [-0.1, -0.05) is 72.8 Å². The average Bonchev–Trinajstić information content (AvgIpc) is 3.25. The summed E-state index contributed by atoms with van der Waals surface area (Å²) in [5.41, 5.74) is 3.43. The molecule has 60 heavy (non-hydrogen) atoms. The summed E-state index contributed by atoms with van der Waals surface area (Å²) in [6.07, 6.45) is 7.65. The van der Waals surface area contributed by atoms with Crippen LogP contribution in [0.1, 0.15) is 71.6 Å². The van der Waals surface area contributed by atoms with Crippen LogP contribution < -0.4 is 0 Å². The first kappa shape index (κ1) is 50.9. The largest absolute Gasteiger partial charge is 0.508 e. The molecule has 12 nitrogen and oxygen atoms in total. The van der Waals surface area contributed by atoms with E-state index < -0.39 is 0 Å². The second-order valence-corrected chi connectivity index (χ2v) is 12.9. The summed E-state index contributed by atoms with van der Waals surface area (Å²) in [6.45, 7) is 14.7. The Morgan fingerprint density at radius 1 is 0.417 bits per heavy atom. The summed E-state index contributed by atoms with van der Waals surface area (Å²) in [5, 5.41) is 37.2. The van der Waals surface area contributed by atoms with E-state index in [1.165, 1.54) is 28.4 Å². The van der Waals surface area contributed by atoms with Crippen molar-refractivity contribution in [2.24, 2.45) is 0 Å². The third kappa shape index (κ3) is 19.4. The van der Waals surface area contributed by atoms with Crippen molar-refractivity contribution in [2.75, 3.05) is 28.4 Å². The minimum absolute atomic E-state index is 0.121. The molecule has 0 saturated heterocycles. The SMILES string of the molecule is C=C[C@@H](CC(=O)OC)c1cccc(O)c1.C=C[C@@H](CC(=O)OC)c1cccc(O)c1.C=C[C@H](CC(=O)OC)c1cccc(O)c1.C=C[C@H](CC(=O)OC)c1cccc(O)c1. The van der Waals surface area contributed by atoms with Crippen LogP contribution in [0.25, 0.3) is 0 Å². The molecule has 0 saturated carbocycles.